The summed E-state index contributed by atoms with van der Waals surface area (Å²) in [6.45, 7) is 3.73. The van der Waals surface area contributed by atoms with Crippen LogP contribution in [-0.4, -0.2) is 65.3 Å². The van der Waals surface area contributed by atoms with Crippen LogP contribution in [0.3, 0.4) is 0 Å². The minimum atomic E-state index is -1.30. The van der Waals surface area contributed by atoms with E-state index >= 15 is 0 Å². The summed E-state index contributed by atoms with van der Waals surface area (Å²) in [7, 11) is 0. The maximum atomic E-state index is 13.1. The second-order valence-electron chi connectivity index (χ2n) is 9.37. The predicted molar refractivity (Wildman–Crippen MR) is 118 cm³/mol. The van der Waals surface area contributed by atoms with E-state index in [1.54, 1.807) is 13.8 Å². The van der Waals surface area contributed by atoms with E-state index in [1.165, 1.54) is 0 Å². The van der Waals surface area contributed by atoms with Crippen molar-refractivity contribution in [3.8, 4) is 0 Å². The van der Waals surface area contributed by atoms with Crippen molar-refractivity contribution in [2.75, 3.05) is 13.2 Å². The van der Waals surface area contributed by atoms with Gasteiger partial charge in [-0.15, -0.1) is 0 Å². The summed E-state index contributed by atoms with van der Waals surface area (Å²) in [6, 6.07) is -2.42. The molecule has 1 heterocycles. The smallest absolute Gasteiger partial charge is 0.405 e. The third kappa shape index (κ3) is 7.96. The number of hydrogen-bond acceptors (Lipinski definition) is 5. The van der Waals surface area contributed by atoms with Crippen molar-refractivity contribution in [2.45, 2.75) is 83.3 Å². The summed E-state index contributed by atoms with van der Waals surface area (Å²) >= 11 is 0. The van der Waals surface area contributed by atoms with Gasteiger partial charge in [0.25, 0.3) is 0 Å². The molecule has 182 valence electrons. The molecule has 4 amide bonds. The van der Waals surface area contributed by atoms with Crippen molar-refractivity contribution < 1.29 is 29.4 Å². The summed E-state index contributed by atoms with van der Waals surface area (Å²) in [5.74, 6) is -1.31. The standard InChI is InChI=1S/C22H38N4O6/c1-13(2)18(26-22(31)32)21(30)25-17(10-14-6-4-3-5-7-14)20(29)24-16(12-27)11-15-8-9-23-19(15)28/h13-18,26-27H,3-12H2,1-2H3,(H,23,28)(H,24,29)(H,25,30)(H,31,32). The van der Waals surface area contributed by atoms with E-state index < -0.39 is 36.0 Å². The van der Waals surface area contributed by atoms with Crippen molar-refractivity contribution in [2.24, 2.45) is 17.8 Å². The molecule has 2 rings (SSSR count). The third-order valence-corrected chi connectivity index (χ3v) is 6.45. The quantitative estimate of drug-likeness (QED) is 0.270. The second-order valence-corrected chi connectivity index (χ2v) is 9.37. The Bertz CT molecular complexity index is 665. The molecule has 32 heavy (non-hydrogen) atoms. The Hall–Kier alpha value is -2.36. The summed E-state index contributed by atoms with van der Waals surface area (Å²) in [5.41, 5.74) is 0. The number of carboxylic acid groups (broad SMARTS) is 1. The van der Waals surface area contributed by atoms with E-state index in [0.29, 0.717) is 25.8 Å². The predicted octanol–water partition coefficient (Wildman–Crippen LogP) is 0.737. The van der Waals surface area contributed by atoms with Gasteiger partial charge in [0.1, 0.15) is 12.1 Å². The number of carbonyl (C=O) groups is 4. The van der Waals surface area contributed by atoms with Gasteiger partial charge in [-0.3, -0.25) is 14.4 Å². The average molecular weight is 455 g/mol. The molecule has 0 aromatic heterocycles. The molecule has 1 saturated heterocycles. The van der Waals surface area contributed by atoms with Crippen LogP contribution in [-0.2, 0) is 14.4 Å². The van der Waals surface area contributed by atoms with Gasteiger partial charge < -0.3 is 31.5 Å². The highest BCUT2D eigenvalue weighted by Crippen LogP contribution is 2.27. The zero-order chi connectivity index (χ0) is 23.7. The minimum absolute atomic E-state index is 0.0794. The number of aliphatic hydroxyl groups excluding tert-OH is 1. The van der Waals surface area contributed by atoms with E-state index in [0.717, 1.165) is 32.1 Å². The highest BCUT2D eigenvalue weighted by Gasteiger charge is 2.33. The van der Waals surface area contributed by atoms with Crippen LogP contribution in [0.5, 0.6) is 0 Å². The average Bonchev–Trinajstić information content (AvgIpc) is 3.15. The molecule has 1 saturated carbocycles. The summed E-state index contributed by atoms with van der Waals surface area (Å²) in [4.78, 5) is 48.9. The van der Waals surface area contributed by atoms with Crippen LogP contribution in [0, 0.1) is 17.8 Å². The Kier molecular flexibility index (Phi) is 10.2. The number of nitrogens with one attached hydrogen (secondary N) is 4. The maximum Gasteiger partial charge on any atom is 0.405 e. The number of amides is 4. The van der Waals surface area contributed by atoms with Gasteiger partial charge in [0.05, 0.1) is 12.6 Å². The van der Waals surface area contributed by atoms with Crippen LogP contribution in [0.4, 0.5) is 4.79 Å². The van der Waals surface area contributed by atoms with E-state index in [-0.39, 0.29) is 30.3 Å². The van der Waals surface area contributed by atoms with E-state index in [2.05, 4.69) is 21.3 Å². The van der Waals surface area contributed by atoms with Crippen LogP contribution in [0.15, 0.2) is 0 Å². The normalized spacial score (nSPS) is 22.0. The Labute approximate surface area is 189 Å². The summed E-state index contributed by atoms with van der Waals surface area (Å²) < 4.78 is 0. The van der Waals surface area contributed by atoms with Gasteiger partial charge in [0.2, 0.25) is 17.7 Å². The lowest BCUT2D eigenvalue weighted by Crippen LogP contribution is -2.57. The van der Waals surface area contributed by atoms with Crippen molar-refractivity contribution >= 4 is 23.8 Å². The molecule has 4 atom stereocenters. The number of hydrogen-bond donors (Lipinski definition) is 6. The van der Waals surface area contributed by atoms with Crippen LogP contribution in [0.25, 0.3) is 0 Å². The fourth-order valence-electron chi connectivity index (χ4n) is 4.61. The maximum absolute atomic E-state index is 13.1. The van der Waals surface area contributed by atoms with Crippen LogP contribution in [0.2, 0.25) is 0 Å². The third-order valence-electron chi connectivity index (χ3n) is 6.45. The lowest BCUT2D eigenvalue weighted by molar-refractivity contribution is -0.131. The minimum Gasteiger partial charge on any atom is -0.465 e. The largest absolute Gasteiger partial charge is 0.465 e. The SMILES string of the molecule is CC(C)C(NC(=O)O)C(=O)NC(CC1CCCCC1)C(=O)NC(CO)CC1CCNC1=O. The number of rotatable bonds is 11. The van der Waals surface area contributed by atoms with Crippen molar-refractivity contribution in [3.05, 3.63) is 0 Å². The van der Waals surface area contributed by atoms with Gasteiger partial charge in [-0.1, -0.05) is 46.0 Å². The number of aliphatic hydroxyl groups is 1. The van der Waals surface area contributed by atoms with E-state index in [1.807, 2.05) is 0 Å². The Balaban J connectivity index is 2.07. The van der Waals surface area contributed by atoms with Gasteiger partial charge in [-0.05, 0) is 31.1 Å². The molecule has 1 aliphatic heterocycles. The highest BCUT2D eigenvalue weighted by atomic mass is 16.4. The Morgan fingerprint density at radius 3 is 2.22 bits per heavy atom. The molecule has 0 spiro atoms. The first-order valence-corrected chi connectivity index (χ1v) is 11.7. The van der Waals surface area contributed by atoms with Crippen LogP contribution in [0.1, 0.15) is 65.2 Å². The molecule has 0 bridgehead atoms. The first-order valence-electron chi connectivity index (χ1n) is 11.7. The van der Waals surface area contributed by atoms with Crippen LogP contribution >= 0.6 is 0 Å². The van der Waals surface area contributed by atoms with Gasteiger partial charge in [-0.25, -0.2) is 4.79 Å². The van der Waals surface area contributed by atoms with Crippen molar-refractivity contribution in [1.82, 2.24) is 21.3 Å². The fourth-order valence-corrected chi connectivity index (χ4v) is 4.61. The highest BCUT2D eigenvalue weighted by molar-refractivity contribution is 5.91. The van der Waals surface area contributed by atoms with Crippen molar-refractivity contribution in [3.63, 3.8) is 0 Å². The van der Waals surface area contributed by atoms with E-state index in [9.17, 15) is 24.3 Å². The molecule has 2 aliphatic rings. The van der Waals surface area contributed by atoms with E-state index in [4.69, 9.17) is 5.11 Å². The Morgan fingerprint density at radius 2 is 1.69 bits per heavy atom. The lowest BCUT2D eigenvalue weighted by atomic mass is 9.84. The molecule has 4 unspecified atom stereocenters. The molecule has 6 N–H and O–H groups in total. The second kappa shape index (κ2) is 12.6. The first-order chi connectivity index (χ1) is 15.2. The molecular formula is C22H38N4O6. The molecule has 10 nitrogen and oxygen atoms in total. The Morgan fingerprint density at radius 1 is 1.00 bits per heavy atom. The fraction of sp³-hybridized carbons (Fsp3) is 0.818. The zero-order valence-corrected chi connectivity index (χ0v) is 19.1. The monoisotopic (exact) mass is 454 g/mol. The molecule has 1 aliphatic carbocycles. The van der Waals surface area contributed by atoms with Gasteiger partial charge in [0, 0.05) is 12.5 Å². The molecule has 0 radical (unpaired) electrons. The van der Waals surface area contributed by atoms with Gasteiger partial charge >= 0.3 is 6.09 Å². The molecular weight excluding hydrogens is 416 g/mol. The van der Waals surface area contributed by atoms with Crippen molar-refractivity contribution in [1.29, 1.82) is 0 Å². The zero-order valence-electron chi connectivity index (χ0n) is 19.1. The van der Waals surface area contributed by atoms with Crippen LogP contribution < -0.4 is 21.3 Å². The molecule has 2 fully saturated rings. The summed E-state index contributed by atoms with van der Waals surface area (Å²) in [5, 5.41) is 29.3. The van der Waals surface area contributed by atoms with Gasteiger partial charge in [0.15, 0.2) is 0 Å². The molecule has 10 heteroatoms. The topological polar surface area (TPSA) is 157 Å². The first kappa shape index (κ1) is 25.9. The molecule has 0 aromatic rings. The molecule has 0 aromatic carbocycles. The summed E-state index contributed by atoms with van der Waals surface area (Å²) in [6.07, 6.45) is 5.42. The lowest BCUT2D eigenvalue weighted by Gasteiger charge is -2.30. The van der Waals surface area contributed by atoms with Gasteiger partial charge in [-0.2, -0.15) is 0 Å². The number of carbonyl (C=O) groups excluding carboxylic acids is 3.